The highest BCUT2D eigenvalue weighted by Gasteiger charge is 2.20. The molecule has 0 aliphatic rings. The van der Waals surface area contributed by atoms with Gasteiger partial charge in [-0.3, -0.25) is 19.9 Å². The second-order valence-electron chi connectivity index (χ2n) is 3.85. The summed E-state index contributed by atoms with van der Waals surface area (Å²) in [6.45, 7) is 0. The molecule has 1 aromatic heterocycles. The third-order valence-electron chi connectivity index (χ3n) is 2.49. The molecule has 1 amide bonds. The molecule has 0 radical (unpaired) electrons. The average Bonchev–Trinajstić information content (AvgIpc) is 2.41. The molecule has 0 saturated heterocycles. The van der Waals surface area contributed by atoms with E-state index in [1.807, 2.05) is 0 Å². The lowest BCUT2D eigenvalue weighted by Crippen LogP contribution is -2.14. The van der Waals surface area contributed by atoms with Gasteiger partial charge in [-0.15, -0.1) is 0 Å². The maximum absolute atomic E-state index is 13.5. The molecule has 108 valence electrons. The van der Waals surface area contributed by atoms with Gasteiger partial charge in [0.05, 0.1) is 21.2 Å². The standard InChI is InChI=1S/C12H6ClF2N3O3/c13-7-1-2-16-5-6(7)12(19)17-10-4-11(18(20)21)9(15)3-8(10)14/h1-5H,(H,17,19). The van der Waals surface area contributed by atoms with E-state index in [4.69, 9.17) is 11.6 Å². The first-order chi connectivity index (χ1) is 9.90. The molecule has 0 bridgehead atoms. The van der Waals surface area contributed by atoms with Gasteiger partial charge in [0.2, 0.25) is 5.82 Å². The van der Waals surface area contributed by atoms with Crippen LogP contribution in [-0.2, 0) is 0 Å². The number of hydrogen-bond acceptors (Lipinski definition) is 4. The number of benzene rings is 1. The summed E-state index contributed by atoms with van der Waals surface area (Å²) in [5.74, 6) is -3.31. The van der Waals surface area contributed by atoms with Gasteiger partial charge in [-0.2, -0.15) is 4.39 Å². The van der Waals surface area contributed by atoms with Gasteiger partial charge in [0, 0.05) is 24.5 Å². The van der Waals surface area contributed by atoms with Crippen molar-refractivity contribution in [2.75, 3.05) is 5.32 Å². The van der Waals surface area contributed by atoms with Crippen molar-refractivity contribution in [3.8, 4) is 0 Å². The number of halogens is 3. The zero-order valence-electron chi connectivity index (χ0n) is 10.1. The smallest absolute Gasteiger partial charge is 0.307 e. The highest BCUT2D eigenvalue weighted by molar-refractivity contribution is 6.34. The molecular weight excluding hydrogens is 308 g/mol. The highest BCUT2D eigenvalue weighted by atomic mass is 35.5. The van der Waals surface area contributed by atoms with Crippen molar-refractivity contribution in [2.45, 2.75) is 0 Å². The second kappa shape index (κ2) is 5.80. The van der Waals surface area contributed by atoms with E-state index in [0.29, 0.717) is 12.1 Å². The highest BCUT2D eigenvalue weighted by Crippen LogP contribution is 2.26. The number of hydrogen-bond donors (Lipinski definition) is 1. The minimum absolute atomic E-state index is 0.0504. The largest absolute Gasteiger partial charge is 0.319 e. The Bertz CT molecular complexity index is 740. The first-order valence-electron chi connectivity index (χ1n) is 5.44. The van der Waals surface area contributed by atoms with Crippen LogP contribution in [-0.4, -0.2) is 15.8 Å². The summed E-state index contributed by atoms with van der Waals surface area (Å²) in [6, 6.07) is 2.26. The van der Waals surface area contributed by atoms with Crippen LogP contribution >= 0.6 is 11.6 Å². The normalized spacial score (nSPS) is 10.2. The van der Waals surface area contributed by atoms with E-state index in [9.17, 15) is 23.7 Å². The Kier molecular flexibility index (Phi) is 4.08. The Morgan fingerprint density at radius 3 is 2.67 bits per heavy atom. The molecule has 1 heterocycles. The molecule has 9 heteroatoms. The fourth-order valence-electron chi connectivity index (χ4n) is 1.51. The third kappa shape index (κ3) is 3.11. The van der Waals surface area contributed by atoms with Gasteiger partial charge in [0.25, 0.3) is 5.91 Å². The molecule has 2 rings (SSSR count). The molecule has 0 aliphatic carbocycles. The first kappa shape index (κ1) is 14.8. The molecule has 0 aliphatic heterocycles. The number of rotatable bonds is 3. The van der Waals surface area contributed by atoms with E-state index < -0.39 is 33.8 Å². The van der Waals surface area contributed by atoms with Crippen LogP contribution in [0, 0.1) is 21.7 Å². The average molecular weight is 314 g/mol. The van der Waals surface area contributed by atoms with E-state index in [1.54, 1.807) is 0 Å². The van der Waals surface area contributed by atoms with Crippen molar-refractivity contribution in [3.63, 3.8) is 0 Å². The number of amides is 1. The van der Waals surface area contributed by atoms with Crippen LogP contribution in [0.25, 0.3) is 0 Å². The Hall–Kier alpha value is -2.61. The first-order valence-corrected chi connectivity index (χ1v) is 5.82. The molecule has 0 spiro atoms. The number of aromatic nitrogens is 1. The van der Waals surface area contributed by atoms with E-state index in [0.717, 1.165) is 6.20 Å². The summed E-state index contributed by atoms with van der Waals surface area (Å²) in [4.78, 5) is 25.1. The Morgan fingerprint density at radius 1 is 1.33 bits per heavy atom. The van der Waals surface area contributed by atoms with Crippen LogP contribution in [0.15, 0.2) is 30.6 Å². The monoisotopic (exact) mass is 313 g/mol. The maximum Gasteiger partial charge on any atom is 0.307 e. The van der Waals surface area contributed by atoms with Crippen LogP contribution < -0.4 is 5.32 Å². The summed E-state index contributed by atoms with van der Waals surface area (Å²) in [5, 5.41) is 12.7. The van der Waals surface area contributed by atoms with Crippen molar-refractivity contribution in [1.29, 1.82) is 0 Å². The van der Waals surface area contributed by atoms with Gasteiger partial charge in [-0.25, -0.2) is 4.39 Å². The fourth-order valence-corrected chi connectivity index (χ4v) is 1.70. The van der Waals surface area contributed by atoms with Crippen LogP contribution in [0.4, 0.5) is 20.2 Å². The third-order valence-corrected chi connectivity index (χ3v) is 2.82. The number of anilines is 1. The van der Waals surface area contributed by atoms with Crippen LogP contribution in [0.3, 0.4) is 0 Å². The predicted molar refractivity (Wildman–Crippen MR) is 70.2 cm³/mol. The number of nitrogens with one attached hydrogen (secondary N) is 1. The summed E-state index contributed by atoms with van der Waals surface area (Å²) in [5.41, 5.74) is -1.54. The van der Waals surface area contributed by atoms with Crippen LogP contribution in [0.2, 0.25) is 5.02 Å². The van der Waals surface area contributed by atoms with E-state index in [-0.39, 0.29) is 10.6 Å². The predicted octanol–water partition coefficient (Wildman–Crippen LogP) is 3.17. The van der Waals surface area contributed by atoms with E-state index in [1.165, 1.54) is 12.3 Å². The number of nitro groups is 1. The van der Waals surface area contributed by atoms with Crippen molar-refractivity contribution < 1.29 is 18.5 Å². The number of pyridine rings is 1. The molecular formula is C12H6ClF2N3O3. The second-order valence-corrected chi connectivity index (χ2v) is 4.26. The number of carbonyl (C=O) groups is 1. The molecule has 0 saturated carbocycles. The van der Waals surface area contributed by atoms with Gasteiger partial charge in [-0.05, 0) is 6.07 Å². The summed E-state index contributed by atoms with van der Waals surface area (Å²) < 4.78 is 26.7. The molecule has 0 unspecified atom stereocenters. The molecule has 0 atom stereocenters. The Morgan fingerprint density at radius 2 is 2.05 bits per heavy atom. The fraction of sp³-hybridized carbons (Fsp3) is 0. The molecule has 1 aromatic carbocycles. The van der Waals surface area contributed by atoms with Crippen molar-refractivity contribution in [3.05, 3.63) is 62.9 Å². The Labute approximate surface area is 121 Å². The number of nitrogens with zero attached hydrogens (tertiary/aromatic N) is 2. The molecule has 1 N–H and O–H groups in total. The van der Waals surface area contributed by atoms with Gasteiger partial charge in [0.1, 0.15) is 5.82 Å². The zero-order chi connectivity index (χ0) is 15.6. The zero-order valence-corrected chi connectivity index (χ0v) is 10.9. The van der Waals surface area contributed by atoms with Crippen LogP contribution in [0.5, 0.6) is 0 Å². The summed E-state index contributed by atoms with van der Waals surface area (Å²) >= 11 is 5.77. The van der Waals surface area contributed by atoms with Crippen molar-refractivity contribution in [1.82, 2.24) is 4.98 Å². The molecule has 2 aromatic rings. The van der Waals surface area contributed by atoms with Gasteiger partial charge in [-0.1, -0.05) is 11.6 Å². The topological polar surface area (TPSA) is 85.1 Å². The number of nitro benzene ring substituents is 1. The molecule has 21 heavy (non-hydrogen) atoms. The maximum atomic E-state index is 13.5. The van der Waals surface area contributed by atoms with Gasteiger partial charge < -0.3 is 5.32 Å². The number of carbonyl (C=O) groups excluding carboxylic acids is 1. The lowest BCUT2D eigenvalue weighted by Gasteiger charge is -2.07. The van der Waals surface area contributed by atoms with Gasteiger partial charge in [0.15, 0.2) is 0 Å². The van der Waals surface area contributed by atoms with Crippen LogP contribution in [0.1, 0.15) is 10.4 Å². The minimum atomic E-state index is -1.34. The molecule has 0 fully saturated rings. The van der Waals surface area contributed by atoms with Gasteiger partial charge >= 0.3 is 5.69 Å². The Balaban J connectivity index is 2.36. The summed E-state index contributed by atoms with van der Waals surface area (Å²) in [6.07, 6.45) is 2.50. The summed E-state index contributed by atoms with van der Waals surface area (Å²) in [7, 11) is 0. The van der Waals surface area contributed by atoms with Crippen molar-refractivity contribution >= 4 is 28.9 Å². The minimum Gasteiger partial charge on any atom is -0.319 e. The van der Waals surface area contributed by atoms with E-state index in [2.05, 4.69) is 10.3 Å². The quantitative estimate of drug-likeness (QED) is 0.696. The van der Waals surface area contributed by atoms with E-state index >= 15 is 0 Å². The SMILES string of the molecule is O=C(Nc1cc([N+](=O)[O-])c(F)cc1F)c1cnccc1Cl. The molecule has 6 nitrogen and oxygen atoms in total. The lowest BCUT2D eigenvalue weighted by atomic mass is 10.2. The lowest BCUT2D eigenvalue weighted by molar-refractivity contribution is -0.387. The van der Waals surface area contributed by atoms with Crippen molar-refractivity contribution in [2.24, 2.45) is 0 Å².